The number of nitrogens with zero attached hydrogens (tertiary/aromatic N) is 1. The summed E-state index contributed by atoms with van der Waals surface area (Å²) in [5.74, 6) is 0. The van der Waals surface area contributed by atoms with Crippen molar-refractivity contribution in [1.82, 2.24) is 4.57 Å². The van der Waals surface area contributed by atoms with Gasteiger partial charge in [0.25, 0.3) is 0 Å². The molecule has 1 aromatic heterocycles. The number of benzene rings is 2. The lowest BCUT2D eigenvalue weighted by Crippen LogP contribution is -1.99. The van der Waals surface area contributed by atoms with Crippen LogP contribution in [0.15, 0.2) is 48.5 Å². The van der Waals surface area contributed by atoms with Gasteiger partial charge in [-0.15, -0.1) is 0 Å². The highest BCUT2D eigenvalue weighted by molar-refractivity contribution is 6.30. The minimum atomic E-state index is 0.667. The molecule has 0 aliphatic rings. The summed E-state index contributed by atoms with van der Waals surface area (Å²) in [5, 5.41) is 1.73. The van der Waals surface area contributed by atoms with Crippen LogP contribution in [0.25, 0.3) is 10.9 Å². The SMILES string of the molecule is CCc1ccc(Cn2c(Cl)[c]c3ccccc32)cc1. The van der Waals surface area contributed by atoms with Crippen molar-refractivity contribution < 1.29 is 0 Å². The number of hydrogen-bond donors (Lipinski definition) is 0. The van der Waals surface area contributed by atoms with Crippen LogP contribution in [0.3, 0.4) is 0 Å². The van der Waals surface area contributed by atoms with E-state index in [0.717, 1.165) is 23.9 Å². The van der Waals surface area contributed by atoms with Gasteiger partial charge in [-0.2, -0.15) is 0 Å². The number of para-hydroxylation sites is 1. The second-order valence-corrected chi connectivity index (χ2v) is 5.05. The Kier molecular flexibility index (Phi) is 3.31. The zero-order chi connectivity index (χ0) is 13.2. The lowest BCUT2D eigenvalue weighted by atomic mass is 10.1. The first-order valence-electron chi connectivity index (χ1n) is 6.52. The maximum atomic E-state index is 6.28. The topological polar surface area (TPSA) is 4.93 Å². The van der Waals surface area contributed by atoms with Crippen molar-refractivity contribution in [2.45, 2.75) is 19.9 Å². The van der Waals surface area contributed by atoms with Gasteiger partial charge in [-0.3, -0.25) is 0 Å². The van der Waals surface area contributed by atoms with E-state index in [2.05, 4.69) is 47.9 Å². The van der Waals surface area contributed by atoms with Crippen LogP contribution in [-0.4, -0.2) is 4.57 Å². The van der Waals surface area contributed by atoms with E-state index in [1.165, 1.54) is 11.1 Å². The zero-order valence-electron chi connectivity index (χ0n) is 10.9. The maximum Gasteiger partial charge on any atom is 0.118 e. The monoisotopic (exact) mass is 268 g/mol. The van der Waals surface area contributed by atoms with E-state index in [1.807, 2.05) is 18.2 Å². The third-order valence-electron chi connectivity index (χ3n) is 3.44. The first-order chi connectivity index (χ1) is 9.28. The normalized spacial score (nSPS) is 11.1. The maximum absolute atomic E-state index is 6.28. The molecular weight excluding hydrogens is 254 g/mol. The molecule has 0 atom stereocenters. The summed E-state index contributed by atoms with van der Waals surface area (Å²) in [5.41, 5.74) is 3.75. The molecular formula is C17H15ClN. The van der Waals surface area contributed by atoms with Gasteiger partial charge in [0.15, 0.2) is 0 Å². The molecule has 0 unspecified atom stereocenters. The summed E-state index contributed by atoms with van der Waals surface area (Å²) < 4.78 is 2.10. The second kappa shape index (κ2) is 5.10. The molecule has 0 saturated carbocycles. The van der Waals surface area contributed by atoms with Crippen LogP contribution in [0.1, 0.15) is 18.1 Å². The highest BCUT2D eigenvalue weighted by Crippen LogP contribution is 2.24. The molecule has 2 aromatic carbocycles. The molecule has 0 bridgehead atoms. The molecule has 19 heavy (non-hydrogen) atoms. The number of hydrogen-bond acceptors (Lipinski definition) is 0. The van der Waals surface area contributed by atoms with Crippen molar-refractivity contribution in [3.63, 3.8) is 0 Å². The van der Waals surface area contributed by atoms with E-state index in [0.29, 0.717) is 5.15 Å². The van der Waals surface area contributed by atoms with Crippen LogP contribution >= 0.6 is 11.6 Å². The Hall–Kier alpha value is -1.73. The summed E-state index contributed by atoms with van der Waals surface area (Å²) in [7, 11) is 0. The van der Waals surface area contributed by atoms with Gasteiger partial charge in [-0.25, -0.2) is 0 Å². The lowest BCUT2D eigenvalue weighted by Gasteiger charge is -2.08. The van der Waals surface area contributed by atoms with E-state index in [-0.39, 0.29) is 0 Å². The van der Waals surface area contributed by atoms with Gasteiger partial charge in [-0.05, 0) is 23.6 Å². The van der Waals surface area contributed by atoms with E-state index in [4.69, 9.17) is 11.6 Å². The fourth-order valence-electron chi connectivity index (χ4n) is 2.32. The van der Waals surface area contributed by atoms with E-state index >= 15 is 0 Å². The van der Waals surface area contributed by atoms with Gasteiger partial charge in [0.05, 0.1) is 5.52 Å². The second-order valence-electron chi connectivity index (χ2n) is 4.69. The predicted molar refractivity (Wildman–Crippen MR) is 80.7 cm³/mol. The molecule has 95 valence electrons. The highest BCUT2D eigenvalue weighted by atomic mass is 35.5. The standard InChI is InChI=1S/C17H15ClN/c1-2-13-7-9-14(10-8-13)12-19-16-6-4-3-5-15(16)11-17(19)18/h3-10H,2,12H2,1H3. The van der Waals surface area contributed by atoms with Crippen LogP contribution in [0.5, 0.6) is 0 Å². The van der Waals surface area contributed by atoms with Crippen molar-refractivity contribution >= 4 is 22.5 Å². The highest BCUT2D eigenvalue weighted by Gasteiger charge is 2.07. The van der Waals surface area contributed by atoms with Gasteiger partial charge in [0.1, 0.15) is 5.15 Å². The first kappa shape index (κ1) is 12.3. The average molecular weight is 269 g/mol. The summed E-state index contributed by atoms with van der Waals surface area (Å²) >= 11 is 6.28. The summed E-state index contributed by atoms with van der Waals surface area (Å²) in [6.07, 6.45) is 1.07. The Labute approximate surface area is 118 Å². The van der Waals surface area contributed by atoms with E-state index in [9.17, 15) is 0 Å². The third-order valence-corrected chi connectivity index (χ3v) is 3.74. The Bertz CT molecular complexity index is 695. The molecule has 0 aliphatic heterocycles. The zero-order valence-corrected chi connectivity index (χ0v) is 11.6. The third kappa shape index (κ3) is 2.39. The summed E-state index contributed by atoms with van der Waals surface area (Å²) in [4.78, 5) is 0. The van der Waals surface area contributed by atoms with Crippen LogP contribution < -0.4 is 0 Å². The van der Waals surface area contributed by atoms with Crippen LogP contribution in [0.2, 0.25) is 5.15 Å². The fourth-order valence-corrected chi connectivity index (χ4v) is 2.57. The Morgan fingerprint density at radius 1 is 1.00 bits per heavy atom. The van der Waals surface area contributed by atoms with Gasteiger partial charge >= 0.3 is 0 Å². The lowest BCUT2D eigenvalue weighted by molar-refractivity contribution is 0.836. The fraction of sp³-hybridized carbons (Fsp3) is 0.176. The van der Waals surface area contributed by atoms with Gasteiger partial charge in [0, 0.05) is 18.0 Å². The van der Waals surface area contributed by atoms with Gasteiger partial charge in [0.2, 0.25) is 0 Å². The molecule has 2 heteroatoms. The molecule has 0 aliphatic carbocycles. The van der Waals surface area contributed by atoms with Gasteiger partial charge < -0.3 is 4.57 Å². The molecule has 3 aromatic rings. The predicted octanol–water partition coefficient (Wildman–Crippen LogP) is 4.71. The summed E-state index contributed by atoms with van der Waals surface area (Å²) in [6.45, 7) is 2.95. The van der Waals surface area contributed by atoms with Crippen molar-refractivity contribution in [3.8, 4) is 0 Å². The molecule has 1 heterocycles. The Morgan fingerprint density at radius 2 is 1.68 bits per heavy atom. The minimum absolute atomic E-state index is 0.667. The number of halogens is 1. The molecule has 0 spiro atoms. The quantitative estimate of drug-likeness (QED) is 0.649. The van der Waals surface area contributed by atoms with E-state index in [1.54, 1.807) is 0 Å². The molecule has 0 amide bonds. The number of fused-ring (bicyclic) bond motifs is 1. The number of rotatable bonds is 3. The average Bonchev–Trinajstić information content (AvgIpc) is 2.76. The smallest absolute Gasteiger partial charge is 0.118 e. The van der Waals surface area contributed by atoms with Gasteiger partial charge in [-0.1, -0.05) is 61.0 Å². The molecule has 0 fully saturated rings. The molecule has 1 radical (unpaired) electrons. The number of aromatic nitrogens is 1. The van der Waals surface area contributed by atoms with Crippen molar-refractivity contribution in [2.24, 2.45) is 0 Å². The van der Waals surface area contributed by atoms with E-state index < -0.39 is 0 Å². The van der Waals surface area contributed by atoms with Crippen LogP contribution in [0.4, 0.5) is 0 Å². The minimum Gasteiger partial charge on any atom is -0.327 e. The molecule has 3 rings (SSSR count). The van der Waals surface area contributed by atoms with Crippen molar-refractivity contribution in [1.29, 1.82) is 0 Å². The largest absolute Gasteiger partial charge is 0.327 e. The Morgan fingerprint density at radius 3 is 2.42 bits per heavy atom. The molecule has 0 N–H and O–H groups in total. The summed E-state index contributed by atoms with van der Waals surface area (Å²) in [6, 6.07) is 20.1. The van der Waals surface area contributed by atoms with Crippen molar-refractivity contribution in [3.05, 3.63) is 70.9 Å². The van der Waals surface area contributed by atoms with Crippen LogP contribution in [-0.2, 0) is 13.0 Å². The van der Waals surface area contributed by atoms with Crippen LogP contribution in [0, 0.1) is 6.07 Å². The number of aryl methyl sites for hydroxylation is 1. The molecule has 1 nitrogen and oxygen atoms in total. The molecule has 0 saturated heterocycles. The van der Waals surface area contributed by atoms with Crippen molar-refractivity contribution in [2.75, 3.05) is 0 Å². The Balaban J connectivity index is 1.98. The first-order valence-corrected chi connectivity index (χ1v) is 6.89.